The zero-order valence-electron chi connectivity index (χ0n) is 9.87. The number of hydrogen-bond donors (Lipinski definition) is 1. The highest BCUT2D eigenvalue weighted by Gasteiger charge is 2.14. The van der Waals surface area contributed by atoms with E-state index in [1.165, 1.54) is 0 Å². The topological polar surface area (TPSA) is 29.9 Å². The second-order valence-electron chi connectivity index (χ2n) is 4.42. The van der Waals surface area contributed by atoms with E-state index in [2.05, 4.69) is 38.1 Å². The van der Waals surface area contributed by atoms with E-state index in [9.17, 15) is 0 Å². The summed E-state index contributed by atoms with van der Waals surface area (Å²) >= 11 is 5.84. The molecule has 0 fully saturated rings. The molecule has 1 aromatic heterocycles. The average molecular weight is 230 g/mol. The first kappa shape index (κ1) is 12.5. The van der Waals surface area contributed by atoms with Crippen molar-refractivity contribution in [2.24, 2.45) is 5.92 Å². The second-order valence-corrected chi connectivity index (χ2v) is 4.86. The first-order valence-corrected chi connectivity index (χ1v) is 5.81. The maximum absolute atomic E-state index is 5.84. The first-order valence-electron chi connectivity index (χ1n) is 5.43. The highest BCUT2D eigenvalue weighted by Crippen LogP contribution is 2.18. The third-order valence-electron chi connectivity index (χ3n) is 2.66. The highest BCUT2D eigenvalue weighted by atomic mass is 35.5. The molecular weight excluding hydrogens is 210 g/mol. The molecule has 2 unspecified atom stereocenters. The third-order valence-corrected chi connectivity index (χ3v) is 2.85. The molecule has 1 aromatic rings. The van der Waals surface area contributed by atoms with Crippen LogP contribution in [0, 0.1) is 5.92 Å². The molecule has 1 rings (SSSR count). The van der Waals surface area contributed by atoms with Crippen molar-refractivity contribution in [3.8, 4) is 0 Å². The lowest BCUT2D eigenvalue weighted by Gasteiger charge is -2.21. The molecule has 0 saturated carbocycles. The predicted octanol–water partition coefficient (Wildman–Crippen LogP) is 2.73. The van der Waals surface area contributed by atoms with Gasteiger partial charge in [0.25, 0.3) is 0 Å². The van der Waals surface area contributed by atoms with Crippen molar-refractivity contribution in [2.75, 3.05) is 6.54 Å². The monoisotopic (exact) mass is 229 g/mol. The number of nitrogens with one attached hydrogen (secondary N) is 1. The second kappa shape index (κ2) is 5.52. The van der Waals surface area contributed by atoms with Crippen LogP contribution in [-0.4, -0.2) is 22.4 Å². The predicted molar refractivity (Wildman–Crippen MR) is 64.3 cm³/mol. The van der Waals surface area contributed by atoms with Gasteiger partial charge in [-0.1, -0.05) is 32.4 Å². The Balaban J connectivity index is 2.49. The van der Waals surface area contributed by atoms with E-state index in [-0.39, 0.29) is 0 Å². The minimum absolute atomic E-state index is 0.365. The zero-order valence-corrected chi connectivity index (χ0v) is 10.6. The summed E-state index contributed by atoms with van der Waals surface area (Å²) in [5.41, 5.74) is 0. The Morgan fingerprint density at radius 2 is 2.07 bits per heavy atom. The van der Waals surface area contributed by atoms with Crippen molar-refractivity contribution in [1.29, 1.82) is 0 Å². The van der Waals surface area contributed by atoms with Crippen molar-refractivity contribution >= 4 is 11.6 Å². The summed E-state index contributed by atoms with van der Waals surface area (Å²) in [7, 11) is 0. The number of halogens is 1. The molecule has 3 nitrogen and oxygen atoms in total. The first-order chi connectivity index (χ1) is 7.00. The number of hydrogen-bond acceptors (Lipinski definition) is 2. The Labute approximate surface area is 96.8 Å². The van der Waals surface area contributed by atoms with Crippen LogP contribution in [0.25, 0.3) is 0 Å². The van der Waals surface area contributed by atoms with Crippen molar-refractivity contribution in [2.45, 2.75) is 39.8 Å². The fourth-order valence-corrected chi connectivity index (χ4v) is 1.53. The van der Waals surface area contributed by atoms with Gasteiger partial charge in [-0.3, -0.25) is 4.68 Å². The Kier molecular flexibility index (Phi) is 4.61. The molecule has 0 amide bonds. The molecule has 15 heavy (non-hydrogen) atoms. The lowest BCUT2D eigenvalue weighted by molar-refractivity contribution is 0.329. The maximum Gasteiger partial charge on any atom is 0.0785 e. The van der Waals surface area contributed by atoms with E-state index in [0.29, 0.717) is 23.0 Å². The van der Waals surface area contributed by atoms with Gasteiger partial charge in [0.2, 0.25) is 0 Å². The van der Waals surface area contributed by atoms with Crippen LogP contribution in [0.5, 0.6) is 0 Å². The fourth-order valence-electron chi connectivity index (χ4n) is 1.39. The van der Waals surface area contributed by atoms with Gasteiger partial charge in [-0.05, 0) is 19.4 Å². The van der Waals surface area contributed by atoms with Crippen molar-refractivity contribution < 1.29 is 0 Å². The minimum Gasteiger partial charge on any atom is -0.314 e. The molecule has 0 aliphatic heterocycles. The van der Waals surface area contributed by atoms with E-state index in [1.807, 2.05) is 10.9 Å². The van der Waals surface area contributed by atoms with Crippen molar-refractivity contribution in [3.05, 3.63) is 17.4 Å². The van der Waals surface area contributed by atoms with Gasteiger partial charge < -0.3 is 5.32 Å². The smallest absolute Gasteiger partial charge is 0.0785 e. The van der Waals surface area contributed by atoms with E-state index in [4.69, 9.17) is 11.6 Å². The maximum atomic E-state index is 5.84. The van der Waals surface area contributed by atoms with Crippen LogP contribution in [0.4, 0.5) is 0 Å². The number of nitrogens with zero attached hydrogens (tertiary/aromatic N) is 2. The lowest BCUT2D eigenvalue weighted by atomic mass is 10.0. The summed E-state index contributed by atoms with van der Waals surface area (Å²) in [4.78, 5) is 0. The molecule has 1 heterocycles. The zero-order chi connectivity index (χ0) is 11.4. The summed E-state index contributed by atoms with van der Waals surface area (Å²) in [5.74, 6) is 0.531. The van der Waals surface area contributed by atoms with Gasteiger partial charge in [0, 0.05) is 12.2 Å². The lowest BCUT2D eigenvalue weighted by Crippen LogP contribution is -2.31. The van der Waals surface area contributed by atoms with Gasteiger partial charge in [-0.2, -0.15) is 5.10 Å². The molecule has 1 N–H and O–H groups in total. The Morgan fingerprint density at radius 3 is 2.53 bits per heavy atom. The highest BCUT2D eigenvalue weighted by molar-refractivity contribution is 6.30. The van der Waals surface area contributed by atoms with Gasteiger partial charge in [-0.15, -0.1) is 0 Å². The van der Waals surface area contributed by atoms with E-state index in [0.717, 1.165) is 6.54 Å². The number of rotatable bonds is 5. The molecule has 0 bridgehead atoms. The van der Waals surface area contributed by atoms with Crippen molar-refractivity contribution in [1.82, 2.24) is 15.1 Å². The molecule has 0 spiro atoms. The number of aromatic nitrogens is 2. The minimum atomic E-state index is 0.365. The third kappa shape index (κ3) is 3.84. The summed E-state index contributed by atoms with van der Waals surface area (Å²) in [5, 5.41) is 8.35. The quantitative estimate of drug-likeness (QED) is 0.842. The molecule has 0 saturated heterocycles. The van der Waals surface area contributed by atoms with Crippen LogP contribution < -0.4 is 5.32 Å². The molecule has 86 valence electrons. The summed E-state index contributed by atoms with van der Waals surface area (Å²) in [6.07, 6.45) is 3.55. The van der Waals surface area contributed by atoms with Gasteiger partial charge in [0.1, 0.15) is 0 Å². The largest absolute Gasteiger partial charge is 0.314 e. The van der Waals surface area contributed by atoms with Crippen LogP contribution in [0.15, 0.2) is 12.4 Å². The molecule has 0 aromatic carbocycles. The summed E-state index contributed by atoms with van der Waals surface area (Å²) < 4.78 is 1.93. The SMILES string of the molecule is CC(C)NCC(C)C(C)n1cc(Cl)cn1. The van der Waals surface area contributed by atoms with Gasteiger partial charge in [-0.25, -0.2) is 0 Å². The molecular formula is C11H20ClN3. The standard InChI is InChI=1S/C11H20ClN3/c1-8(2)13-5-9(3)10(4)15-7-11(12)6-14-15/h6-10,13H,5H2,1-4H3. The fraction of sp³-hybridized carbons (Fsp3) is 0.727. The molecule has 4 heteroatoms. The van der Waals surface area contributed by atoms with Crippen LogP contribution in [0.2, 0.25) is 5.02 Å². The Morgan fingerprint density at radius 1 is 1.40 bits per heavy atom. The summed E-state index contributed by atoms with van der Waals surface area (Å²) in [6, 6.07) is 0.893. The van der Waals surface area contributed by atoms with E-state index in [1.54, 1.807) is 6.20 Å². The van der Waals surface area contributed by atoms with E-state index >= 15 is 0 Å². The Bertz CT molecular complexity index is 296. The average Bonchev–Trinajstić information content (AvgIpc) is 2.60. The summed E-state index contributed by atoms with van der Waals surface area (Å²) in [6.45, 7) is 9.69. The van der Waals surface area contributed by atoms with Crippen LogP contribution in [0.1, 0.15) is 33.7 Å². The van der Waals surface area contributed by atoms with Crippen LogP contribution >= 0.6 is 11.6 Å². The van der Waals surface area contributed by atoms with Gasteiger partial charge in [0.05, 0.1) is 17.3 Å². The van der Waals surface area contributed by atoms with Crippen molar-refractivity contribution in [3.63, 3.8) is 0 Å². The normalized spacial score (nSPS) is 15.6. The van der Waals surface area contributed by atoms with Crippen LogP contribution in [-0.2, 0) is 0 Å². The molecule has 2 atom stereocenters. The van der Waals surface area contributed by atoms with Gasteiger partial charge in [0.15, 0.2) is 0 Å². The molecule has 0 radical (unpaired) electrons. The van der Waals surface area contributed by atoms with Gasteiger partial charge >= 0.3 is 0 Å². The Hall–Kier alpha value is -0.540. The molecule has 0 aliphatic carbocycles. The van der Waals surface area contributed by atoms with E-state index < -0.39 is 0 Å². The molecule has 0 aliphatic rings. The van der Waals surface area contributed by atoms with Crippen LogP contribution in [0.3, 0.4) is 0 Å².